The van der Waals surface area contributed by atoms with Crippen LogP contribution in [0.2, 0.25) is 0 Å². The smallest absolute Gasteiger partial charge is 0.193 e. The number of nitrogens with zero attached hydrogens (tertiary/aromatic N) is 2. The summed E-state index contributed by atoms with van der Waals surface area (Å²) in [5.74, 6) is 0.820. The van der Waals surface area contributed by atoms with Gasteiger partial charge in [0.2, 0.25) is 0 Å². The van der Waals surface area contributed by atoms with E-state index < -0.39 is 0 Å². The Morgan fingerprint density at radius 2 is 1.96 bits per heavy atom. The Hall–Kier alpha value is -1.58. The van der Waals surface area contributed by atoms with E-state index >= 15 is 0 Å². The Balaban J connectivity index is 1.60. The van der Waals surface area contributed by atoms with Crippen LogP contribution in [0.4, 0.5) is 4.39 Å². The lowest BCUT2D eigenvalue weighted by molar-refractivity contribution is 0.151. The molecule has 0 unspecified atom stereocenters. The zero-order valence-corrected chi connectivity index (χ0v) is 14.5. The molecule has 1 N–H and O–H groups in total. The Morgan fingerprint density at radius 3 is 2.48 bits per heavy atom. The number of guanidine groups is 1. The first kappa shape index (κ1) is 16.3. The van der Waals surface area contributed by atoms with Crippen LogP contribution in [0.3, 0.4) is 0 Å². The summed E-state index contributed by atoms with van der Waals surface area (Å²) >= 11 is 0. The second-order valence-electron chi connectivity index (χ2n) is 7.82. The number of likely N-dealkylation sites (tertiary alicyclic amines) is 1. The molecule has 0 bridgehead atoms. The van der Waals surface area contributed by atoms with Gasteiger partial charge in [0.05, 0.1) is 0 Å². The molecular weight excluding hydrogens is 289 g/mol. The van der Waals surface area contributed by atoms with Gasteiger partial charge in [-0.3, -0.25) is 4.99 Å². The van der Waals surface area contributed by atoms with Crippen molar-refractivity contribution in [3.8, 4) is 0 Å². The van der Waals surface area contributed by atoms with Crippen LogP contribution in [-0.2, 0) is 5.41 Å². The van der Waals surface area contributed by atoms with Crippen molar-refractivity contribution in [3.05, 3.63) is 35.6 Å². The molecule has 0 amide bonds. The van der Waals surface area contributed by atoms with Crippen LogP contribution in [0.1, 0.15) is 45.1 Å². The fourth-order valence-electron chi connectivity index (χ4n) is 3.84. The Morgan fingerprint density at radius 1 is 1.26 bits per heavy atom. The lowest BCUT2D eigenvalue weighted by Crippen LogP contribution is -2.46. The molecule has 0 aromatic heterocycles. The summed E-state index contributed by atoms with van der Waals surface area (Å²) < 4.78 is 13.1. The van der Waals surface area contributed by atoms with E-state index in [2.05, 4.69) is 29.1 Å². The maximum Gasteiger partial charge on any atom is 0.193 e. The molecular formula is C19H28FN3. The van der Waals surface area contributed by atoms with Crippen LogP contribution < -0.4 is 5.32 Å². The average Bonchev–Trinajstić information content (AvgIpc) is 2.94. The fraction of sp³-hybridized carbons (Fsp3) is 0.632. The third-order valence-corrected chi connectivity index (χ3v) is 5.68. The highest BCUT2D eigenvalue weighted by Crippen LogP contribution is 2.47. The highest BCUT2D eigenvalue weighted by Gasteiger charge is 2.43. The lowest BCUT2D eigenvalue weighted by Gasteiger charge is -2.38. The molecule has 1 saturated heterocycles. The molecule has 23 heavy (non-hydrogen) atoms. The maximum absolute atomic E-state index is 13.1. The standard InChI is InChI=1S/C19H28FN3/c1-18(2,15-5-7-16(20)8-6-15)13-22-17(21-3)23-12-11-19(14-23)9-4-10-19/h5-8H,4,9-14H2,1-3H3,(H,21,22). The van der Waals surface area contributed by atoms with Crippen molar-refractivity contribution in [2.45, 2.75) is 44.9 Å². The predicted octanol–water partition coefficient (Wildman–Crippen LogP) is 3.55. The Kier molecular flexibility index (Phi) is 4.35. The number of rotatable bonds is 3. The molecule has 1 saturated carbocycles. The van der Waals surface area contributed by atoms with Gasteiger partial charge in [0.15, 0.2) is 5.96 Å². The number of aliphatic imine (C=N–C) groups is 1. The minimum Gasteiger partial charge on any atom is -0.355 e. The van der Waals surface area contributed by atoms with Gasteiger partial charge in [-0.15, -0.1) is 0 Å². The molecule has 1 aliphatic heterocycles. The van der Waals surface area contributed by atoms with Crippen LogP contribution in [0.5, 0.6) is 0 Å². The van der Waals surface area contributed by atoms with E-state index in [4.69, 9.17) is 0 Å². The van der Waals surface area contributed by atoms with Gasteiger partial charge in [-0.25, -0.2) is 4.39 Å². The maximum atomic E-state index is 13.1. The van der Waals surface area contributed by atoms with Crippen LogP contribution in [0.15, 0.2) is 29.3 Å². The molecule has 3 rings (SSSR count). The molecule has 0 radical (unpaired) electrons. The summed E-state index contributed by atoms with van der Waals surface area (Å²) in [6.45, 7) is 7.39. The van der Waals surface area contributed by atoms with E-state index in [-0.39, 0.29) is 11.2 Å². The normalized spacial score (nSPS) is 20.7. The Bertz CT molecular complexity index is 573. The van der Waals surface area contributed by atoms with Gasteiger partial charge in [-0.05, 0) is 42.4 Å². The van der Waals surface area contributed by atoms with Crippen molar-refractivity contribution in [2.75, 3.05) is 26.7 Å². The minimum atomic E-state index is -0.184. The zero-order chi connectivity index (χ0) is 16.5. The molecule has 4 heteroatoms. The highest BCUT2D eigenvalue weighted by molar-refractivity contribution is 5.80. The first-order chi connectivity index (χ1) is 10.9. The van der Waals surface area contributed by atoms with Gasteiger partial charge < -0.3 is 10.2 Å². The summed E-state index contributed by atoms with van der Waals surface area (Å²) in [4.78, 5) is 6.88. The highest BCUT2D eigenvalue weighted by atomic mass is 19.1. The number of nitrogens with one attached hydrogen (secondary N) is 1. The van der Waals surface area contributed by atoms with Gasteiger partial charge in [0.1, 0.15) is 5.82 Å². The molecule has 2 aliphatic rings. The van der Waals surface area contributed by atoms with Crippen molar-refractivity contribution < 1.29 is 4.39 Å². The lowest BCUT2D eigenvalue weighted by atomic mass is 9.68. The summed E-state index contributed by atoms with van der Waals surface area (Å²) in [7, 11) is 1.86. The van der Waals surface area contributed by atoms with Crippen LogP contribution in [0.25, 0.3) is 0 Å². The number of halogens is 1. The summed E-state index contributed by atoms with van der Waals surface area (Å²) in [5.41, 5.74) is 1.64. The van der Waals surface area contributed by atoms with E-state index in [0.717, 1.165) is 31.2 Å². The first-order valence-corrected chi connectivity index (χ1v) is 8.66. The minimum absolute atomic E-state index is 0.0719. The molecule has 1 spiro atoms. The van der Waals surface area contributed by atoms with E-state index in [0.29, 0.717) is 5.41 Å². The summed E-state index contributed by atoms with van der Waals surface area (Å²) in [5, 5.41) is 3.53. The van der Waals surface area contributed by atoms with Crippen molar-refractivity contribution in [1.82, 2.24) is 10.2 Å². The fourth-order valence-corrected chi connectivity index (χ4v) is 3.84. The van der Waals surface area contributed by atoms with Gasteiger partial charge in [0, 0.05) is 32.1 Å². The van der Waals surface area contributed by atoms with Crippen LogP contribution in [-0.4, -0.2) is 37.5 Å². The van der Waals surface area contributed by atoms with Crippen molar-refractivity contribution >= 4 is 5.96 Å². The molecule has 2 fully saturated rings. The summed E-state index contributed by atoms with van der Waals surface area (Å²) in [6, 6.07) is 6.82. The summed E-state index contributed by atoms with van der Waals surface area (Å²) in [6.07, 6.45) is 5.44. The van der Waals surface area contributed by atoms with Gasteiger partial charge in [0.25, 0.3) is 0 Å². The van der Waals surface area contributed by atoms with Gasteiger partial charge in [-0.1, -0.05) is 32.4 Å². The molecule has 126 valence electrons. The van der Waals surface area contributed by atoms with Gasteiger partial charge in [-0.2, -0.15) is 0 Å². The third kappa shape index (κ3) is 3.36. The molecule has 3 nitrogen and oxygen atoms in total. The Labute approximate surface area is 139 Å². The molecule has 1 aromatic rings. The van der Waals surface area contributed by atoms with Crippen LogP contribution >= 0.6 is 0 Å². The second-order valence-corrected chi connectivity index (χ2v) is 7.82. The quantitative estimate of drug-likeness (QED) is 0.682. The topological polar surface area (TPSA) is 27.6 Å². The molecule has 1 heterocycles. The largest absolute Gasteiger partial charge is 0.355 e. The molecule has 0 atom stereocenters. The first-order valence-electron chi connectivity index (χ1n) is 8.66. The van der Waals surface area contributed by atoms with Crippen molar-refractivity contribution in [1.29, 1.82) is 0 Å². The van der Waals surface area contributed by atoms with E-state index in [9.17, 15) is 4.39 Å². The van der Waals surface area contributed by atoms with Gasteiger partial charge >= 0.3 is 0 Å². The second kappa shape index (κ2) is 6.14. The van der Waals surface area contributed by atoms with E-state index in [1.165, 1.54) is 37.8 Å². The predicted molar refractivity (Wildman–Crippen MR) is 93.3 cm³/mol. The SMILES string of the molecule is CN=C(NCC(C)(C)c1ccc(F)cc1)N1CCC2(CCC2)C1. The number of benzene rings is 1. The number of hydrogen-bond donors (Lipinski definition) is 1. The molecule has 1 aliphatic carbocycles. The monoisotopic (exact) mass is 317 g/mol. The molecule has 1 aromatic carbocycles. The van der Waals surface area contributed by atoms with E-state index in [1.807, 2.05) is 19.2 Å². The number of hydrogen-bond acceptors (Lipinski definition) is 1. The third-order valence-electron chi connectivity index (χ3n) is 5.68. The van der Waals surface area contributed by atoms with Crippen LogP contribution in [0, 0.1) is 11.2 Å². The van der Waals surface area contributed by atoms with Crippen molar-refractivity contribution in [2.24, 2.45) is 10.4 Å². The van der Waals surface area contributed by atoms with Crippen molar-refractivity contribution in [3.63, 3.8) is 0 Å². The average molecular weight is 317 g/mol. The zero-order valence-electron chi connectivity index (χ0n) is 14.5. The van der Waals surface area contributed by atoms with E-state index in [1.54, 1.807) is 0 Å².